The van der Waals surface area contributed by atoms with E-state index in [-0.39, 0.29) is 0 Å². The van der Waals surface area contributed by atoms with Crippen molar-refractivity contribution in [3.63, 3.8) is 0 Å². The molecule has 0 saturated carbocycles. The van der Waals surface area contributed by atoms with Crippen LogP contribution in [0.4, 0.5) is 0 Å². The first-order valence-electron chi connectivity index (χ1n) is 5.36. The number of hydrogen-bond donors (Lipinski definition) is 1. The highest BCUT2D eigenvalue weighted by atomic mass is 15.5. The second kappa shape index (κ2) is 4.85. The topological polar surface area (TPSA) is 55.6 Å². The lowest BCUT2D eigenvalue weighted by Gasteiger charge is -2.04. The fourth-order valence-electron chi connectivity index (χ4n) is 1.44. The Morgan fingerprint density at radius 2 is 2.00 bits per heavy atom. The summed E-state index contributed by atoms with van der Waals surface area (Å²) in [5, 5.41) is 14.9. The van der Waals surface area contributed by atoms with E-state index < -0.39 is 0 Å². The summed E-state index contributed by atoms with van der Waals surface area (Å²) in [6, 6.07) is 8.13. The molecule has 1 N–H and O–H groups in total. The lowest BCUT2D eigenvalue weighted by molar-refractivity contribution is 0.664. The van der Waals surface area contributed by atoms with Crippen molar-refractivity contribution in [2.75, 3.05) is 6.54 Å². The van der Waals surface area contributed by atoms with E-state index in [1.54, 1.807) is 4.68 Å². The van der Waals surface area contributed by atoms with E-state index in [1.807, 2.05) is 24.3 Å². The number of nitrogens with zero attached hydrogens (tertiary/aromatic N) is 4. The molecule has 0 atom stereocenters. The second-order valence-corrected chi connectivity index (χ2v) is 3.62. The van der Waals surface area contributed by atoms with Gasteiger partial charge in [-0.2, -0.15) is 4.68 Å². The van der Waals surface area contributed by atoms with Gasteiger partial charge in [0.15, 0.2) is 5.82 Å². The molecule has 0 aliphatic rings. The molecule has 5 nitrogen and oxygen atoms in total. The monoisotopic (exact) mass is 217 g/mol. The number of aromatic nitrogens is 4. The van der Waals surface area contributed by atoms with Gasteiger partial charge >= 0.3 is 0 Å². The number of aryl methyl sites for hydroxylation is 1. The van der Waals surface area contributed by atoms with Crippen LogP contribution in [0.1, 0.15) is 18.3 Å². The van der Waals surface area contributed by atoms with Crippen LogP contribution in [-0.2, 0) is 6.54 Å². The average molecular weight is 217 g/mol. The first kappa shape index (κ1) is 10.8. The van der Waals surface area contributed by atoms with Crippen molar-refractivity contribution in [2.45, 2.75) is 20.4 Å². The Morgan fingerprint density at radius 3 is 2.69 bits per heavy atom. The molecule has 0 bridgehead atoms. The average Bonchev–Trinajstić information content (AvgIpc) is 2.75. The summed E-state index contributed by atoms with van der Waals surface area (Å²) in [7, 11) is 0. The Bertz CT molecular complexity index is 446. The molecule has 0 spiro atoms. The highest BCUT2D eigenvalue weighted by Gasteiger charge is 2.06. The van der Waals surface area contributed by atoms with Crippen molar-refractivity contribution in [2.24, 2.45) is 0 Å². The minimum absolute atomic E-state index is 0.678. The van der Waals surface area contributed by atoms with Gasteiger partial charge in [0.05, 0.1) is 12.2 Å². The van der Waals surface area contributed by atoms with E-state index in [2.05, 4.69) is 34.7 Å². The lowest BCUT2D eigenvalue weighted by Crippen LogP contribution is -2.16. The van der Waals surface area contributed by atoms with Gasteiger partial charge in [0.1, 0.15) is 0 Å². The van der Waals surface area contributed by atoms with Crippen LogP contribution in [0.2, 0.25) is 0 Å². The Morgan fingerprint density at radius 1 is 1.25 bits per heavy atom. The molecule has 0 radical (unpaired) electrons. The molecule has 1 aromatic heterocycles. The molecule has 16 heavy (non-hydrogen) atoms. The molecule has 1 heterocycles. The van der Waals surface area contributed by atoms with Crippen molar-refractivity contribution in [1.82, 2.24) is 25.5 Å². The van der Waals surface area contributed by atoms with Gasteiger partial charge in [0.2, 0.25) is 0 Å². The molecular formula is C11H15N5. The molecule has 84 valence electrons. The first-order valence-corrected chi connectivity index (χ1v) is 5.36. The molecule has 0 aliphatic heterocycles. The maximum absolute atomic E-state index is 3.99. The van der Waals surface area contributed by atoms with E-state index in [1.165, 1.54) is 5.56 Å². The van der Waals surface area contributed by atoms with Crippen molar-refractivity contribution in [1.29, 1.82) is 0 Å². The van der Waals surface area contributed by atoms with Gasteiger partial charge in [0, 0.05) is 0 Å². The van der Waals surface area contributed by atoms with Crippen LogP contribution >= 0.6 is 0 Å². The Labute approximate surface area is 94.5 Å². The number of tetrazole rings is 1. The summed E-state index contributed by atoms with van der Waals surface area (Å²) in [5.41, 5.74) is 2.22. The van der Waals surface area contributed by atoms with Gasteiger partial charge in [-0.15, -0.1) is 5.10 Å². The van der Waals surface area contributed by atoms with Crippen molar-refractivity contribution < 1.29 is 0 Å². The molecular weight excluding hydrogens is 202 g/mol. The van der Waals surface area contributed by atoms with Crippen molar-refractivity contribution >= 4 is 0 Å². The van der Waals surface area contributed by atoms with Crippen LogP contribution in [0.15, 0.2) is 24.3 Å². The van der Waals surface area contributed by atoms with Crippen LogP contribution < -0.4 is 5.32 Å². The van der Waals surface area contributed by atoms with E-state index in [4.69, 9.17) is 0 Å². The van der Waals surface area contributed by atoms with Crippen LogP contribution in [-0.4, -0.2) is 26.8 Å². The lowest BCUT2D eigenvalue weighted by atomic mass is 10.2. The smallest absolute Gasteiger partial charge is 0.170 e. The normalized spacial score (nSPS) is 10.6. The zero-order valence-corrected chi connectivity index (χ0v) is 9.51. The zero-order chi connectivity index (χ0) is 11.4. The van der Waals surface area contributed by atoms with E-state index in [0.717, 1.165) is 18.1 Å². The number of hydrogen-bond acceptors (Lipinski definition) is 4. The van der Waals surface area contributed by atoms with Crippen LogP contribution in [0, 0.1) is 6.92 Å². The van der Waals surface area contributed by atoms with Gasteiger partial charge in [-0.1, -0.05) is 24.6 Å². The number of benzene rings is 1. The Kier molecular flexibility index (Phi) is 3.26. The zero-order valence-electron chi connectivity index (χ0n) is 9.51. The fourth-order valence-corrected chi connectivity index (χ4v) is 1.44. The van der Waals surface area contributed by atoms with Crippen molar-refractivity contribution in [3.05, 3.63) is 35.7 Å². The fraction of sp³-hybridized carbons (Fsp3) is 0.364. The minimum atomic E-state index is 0.678. The summed E-state index contributed by atoms with van der Waals surface area (Å²) in [4.78, 5) is 0. The first-order chi connectivity index (χ1) is 7.81. The molecule has 0 unspecified atom stereocenters. The molecule has 0 aliphatic carbocycles. The van der Waals surface area contributed by atoms with Gasteiger partial charge in [-0.3, -0.25) is 0 Å². The van der Waals surface area contributed by atoms with E-state index >= 15 is 0 Å². The van der Waals surface area contributed by atoms with Crippen LogP contribution in [0.3, 0.4) is 0 Å². The standard InChI is InChI=1S/C11H15N5/c1-3-12-8-11-13-14-15-16(11)10-6-4-9(2)5-7-10/h4-7,12H,3,8H2,1-2H3. The second-order valence-electron chi connectivity index (χ2n) is 3.62. The molecule has 2 aromatic rings. The Balaban J connectivity index is 2.26. The maximum Gasteiger partial charge on any atom is 0.170 e. The van der Waals surface area contributed by atoms with Gasteiger partial charge in [-0.05, 0) is 36.0 Å². The predicted molar refractivity (Wildman–Crippen MR) is 61.3 cm³/mol. The van der Waals surface area contributed by atoms with Crippen molar-refractivity contribution in [3.8, 4) is 5.69 Å². The van der Waals surface area contributed by atoms with Gasteiger partial charge < -0.3 is 5.32 Å². The maximum atomic E-state index is 3.99. The van der Waals surface area contributed by atoms with Crippen LogP contribution in [0.5, 0.6) is 0 Å². The van der Waals surface area contributed by atoms with Gasteiger partial charge in [-0.25, -0.2) is 0 Å². The number of rotatable bonds is 4. The van der Waals surface area contributed by atoms with Crippen LogP contribution in [0.25, 0.3) is 5.69 Å². The third kappa shape index (κ3) is 2.25. The quantitative estimate of drug-likeness (QED) is 0.832. The molecule has 0 amide bonds. The SMILES string of the molecule is CCNCc1nnnn1-c1ccc(C)cc1. The third-order valence-electron chi connectivity index (χ3n) is 2.35. The highest BCUT2D eigenvalue weighted by Crippen LogP contribution is 2.09. The summed E-state index contributed by atoms with van der Waals surface area (Å²) < 4.78 is 1.75. The van der Waals surface area contributed by atoms with E-state index in [9.17, 15) is 0 Å². The molecule has 1 aromatic carbocycles. The molecule has 5 heteroatoms. The largest absolute Gasteiger partial charge is 0.310 e. The number of nitrogens with one attached hydrogen (secondary N) is 1. The molecule has 0 fully saturated rings. The van der Waals surface area contributed by atoms with E-state index in [0.29, 0.717) is 6.54 Å². The summed E-state index contributed by atoms with van der Waals surface area (Å²) >= 11 is 0. The summed E-state index contributed by atoms with van der Waals surface area (Å²) in [6.45, 7) is 5.70. The molecule has 0 saturated heterocycles. The Hall–Kier alpha value is -1.75. The summed E-state index contributed by atoms with van der Waals surface area (Å²) in [6.07, 6.45) is 0. The highest BCUT2D eigenvalue weighted by molar-refractivity contribution is 5.33. The third-order valence-corrected chi connectivity index (χ3v) is 2.35. The predicted octanol–water partition coefficient (Wildman–Crippen LogP) is 1.08. The molecule has 2 rings (SSSR count). The summed E-state index contributed by atoms with van der Waals surface area (Å²) in [5.74, 6) is 0.825. The minimum Gasteiger partial charge on any atom is -0.310 e. The van der Waals surface area contributed by atoms with Gasteiger partial charge in [0.25, 0.3) is 0 Å².